The first-order chi connectivity index (χ1) is 15.8. The number of nitrogens with zero attached hydrogens (tertiary/aromatic N) is 3. The van der Waals surface area contributed by atoms with Gasteiger partial charge in [0.25, 0.3) is 0 Å². The van der Waals surface area contributed by atoms with Gasteiger partial charge in [-0.1, -0.05) is 78.9 Å². The van der Waals surface area contributed by atoms with Crippen molar-refractivity contribution in [2.24, 2.45) is 0 Å². The monoisotopic (exact) mass is 417 g/mol. The van der Waals surface area contributed by atoms with Gasteiger partial charge in [-0.25, -0.2) is 4.98 Å². The van der Waals surface area contributed by atoms with Crippen molar-refractivity contribution in [2.75, 3.05) is 0 Å². The van der Waals surface area contributed by atoms with Crippen molar-refractivity contribution < 1.29 is 5.11 Å². The van der Waals surface area contributed by atoms with Crippen LogP contribution in [0, 0.1) is 0 Å². The molecule has 2 aromatic heterocycles. The zero-order valence-electron chi connectivity index (χ0n) is 17.6. The van der Waals surface area contributed by atoms with Crippen molar-refractivity contribution in [3.8, 4) is 11.4 Å². The first kappa shape index (κ1) is 18.8. The van der Waals surface area contributed by atoms with Crippen LogP contribution in [0.2, 0.25) is 0 Å². The van der Waals surface area contributed by atoms with E-state index >= 15 is 0 Å². The first-order valence-electron chi connectivity index (χ1n) is 10.9. The Labute approximate surface area is 186 Å². The van der Waals surface area contributed by atoms with E-state index in [2.05, 4.69) is 75.9 Å². The highest BCUT2D eigenvalue weighted by Crippen LogP contribution is 2.30. The van der Waals surface area contributed by atoms with Crippen LogP contribution < -0.4 is 0 Å². The van der Waals surface area contributed by atoms with E-state index in [1.807, 2.05) is 36.4 Å². The molecule has 156 valence electrons. The maximum Gasteiger partial charge on any atom is 0.141 e. The number of imidazole rings is 1. The minimum atomic E-state index is -0.575. The average molecular weight is 418 g/mol. The normalized spacial score (nSPS) is 12.7. The van der Waals surface area contributed by atoms with E-state index in [-0.39, 0.29) is 0 Å². The van der Waals surface area contributed by atoms with Crippen LogP contribution >= 0.6 is 0 Å². The number of rotatable bonds is 5. The summed E-state index contributed by atoms with van der Waals surface area (Å²) < 4.78 is 4.37. The van der Waals surface area contributed by atoms with Crippen molar-refractivity contribution in [3.63, 3.8) is 0 Å². The molecule has 0 aliphatic rings. The predicted molar refractivity (Wildman–Crippen MR) is 131 cm³/mol. The van der Waals surface area contributed by atoms with Crippen LogP contribution in [0.3, 0.4) is 0 Å². The lowest BCUT2D eigenvalue weighted by Gasteiger charge is -2.17. The number of aliphatic hydroxyl groups is 1. The third-order valence-corrected chi connectivity index (χ3v) is 6.15. The van der Waals surface area contributed by atoms with Crippen LogP contribution in [0.15, 0.2) is 103 Å². The molecule has 0 bridgehead atoms. The van der Waals surface area contributed by atoms with Crippen LogP contribution in [-0.4, -0.2) is 25.3 Å². The topological polar surface area (TPSA) is 43.0 Å². The molecule has 0 fully saturated rings. The van der Waals surface area contributed by atoms with Gasteiger partial charge in [0, 0.05) is 27.4 Å². The Hall–Kier alpha value is -3.89. The molecule has 6 rings (SSSR count). The molecule has 1 N–H and O–H groups in total. The predicted octanol–water partition coefficient (Wildman–Crippen LogP) is 5.87. The molecule has 0 aliphatic heterocycles. The molecule has 32 heavy (non-hydrogen) atoms. The number of aromatic nitrogens is 3. The molecule has 0 spiro atoms. The fourth-order valence-corrected chi connectivity index (χ4v) is 4.75. The van der Waals surface area contributed by atoms with E-state index in [1.54, 1.807) is 0 Å². The number of hydrogen-bond acceptors (Lipinski definition) is 2. The Morgan fingerprint density at radius 3 is 1.81 bits per heavy atom. The summed E-state index contributed by atoms with van der Waals surface area (Å²) in [6.45, 7) is 0.973. The highest BCUT2D eigenvalue weighted by Gasteiger charge is 2.18. The van der Waals surface area contributed by atoms with Gasteiger partial charge in [-0.05, 0) is 24.3 Å². The molecule has 6 aromatic rings. The van der Waals surface area contributed by atoms with Gasteiger partial charge in [-0.15, -0.1) is 0 Å². The van der Waals surface area contributed by atoms with Crippen LogP contribution in [0.25, 0.3) is 44.2 Å². The number of benzene rings is 4. The Bertz CT molecular complexity index is 1490. The summed E-state index contributed by atoms with van der Waals surface area (Å²) in [5, 5.41) is 13.7. The van der Waals surface area contributed by atoms with Gasteiger partial charge in [0.2, 0.25) is 0 Å². The summed E-state index contributed by atoms with van der Waals surface area (Å²) in [7, 11) is 0. The van der Waals surface area contributed by atoms with Crippen molar-refractivity contribution in [2.45, 2.75) is 19.2 Å². The summed E-state index contributed by atoms with van der Waals surface area (Å²) in [5.74, 6) is 0.882. The second kappa shape index (κ2) is 7.66. The van der Waals surface area contributed by atoms with Gasteiger partial charge < -0.3 is 14.2 Å². The molecule has 0 saturated carbocycles. The van der Waals surface area contributed by atoms with Gasteiger partial charge in [0.05, 0.1) is 30.2 Å². The lowest BCUT2D eigenvalue weighted by Crippen LogP contribution is -2.22. The quantitative estimate of drug-likeness (QED) is 0.381. The van der Waals surface area contributed by atoms with Gasteiger partial charge in [0.15, 0.2) is 0 Å². The smallest absolute Gasteiger partial charge is 0.141 e. The van der Waals surface area contributed by atoms with Crippen molar-refractivity contribution in [1.29, 1.82) is 0 Å². The summed E-state index contributed by atoms with van der Waals surface area (Å²) in [5.41, 5.74) is 5.31. The molecule has 0 amide bonds. The number of para-hydroxylation sites is 4. The minimum Gasteiger partial charge on any atom is -0.389 e. The van der Waals surface area contributed by atoms with E-state index in [1.165, 1.54) is 10.8 Å². The lowest BCUT2D eigenvalue weighted by atomic mass is 10.2. The van der Waals surface area contributed by atoms with E-state index < -0.39 is 6.10 Å². The molecule has 4 heteroatoms. The van der Waals surface area contributed by atoms with Crippen molar-refractivity contribution in [3.05, 3.63) is 103 Å². The van der Waals surface area contributed by atoms with Gasteiger partial charge in [-0.2, -0.15) is 0 Å². The standard InChI is InChI=1S/C28H23N3O/c32-21(18-30-25-15-7-4-12-22(25)23-13-5-8-16-26(23)30)19-31-27-17-9-6-14-24(27)29-28(31)20-10-2-1-3-11-20/h1-17,21,32H,18-19H2. The molecule has 0 radical (unpaired) electrons. The second-order valence-corrected chi connectivity index (χ2v) is 8.20. The number of aliphatic hydroxyl groups excluding tert-OH is 1. The van der Waals surface area contributed by atoms with E-state index in [4.69, 9.17) is 4.98 Å². The molecule has 0 aliphatic carbocycles. The highest BCUT2D eigenvalue weighted by atomic mass is 16.3. The van der Waals surface area contributed by atoms with Crippen LogP contribution in [0.4, 0.5) is 0 Å². The zero-order chi connectivity index (χ0) is 21.5. The summed E-state index contributed by atoms with van der Waals surface area (Å²) >= 11 is 0. The van der Waals surface area contributed by atoms with Gasteiger partial charge >= 0.3 is 0 Å². The maximum absolute atomic E-state index is 11.3. The highest BCUT2D eigenvalue weighted by molar-refractivity contribution is 6.07. The second-order valence-electron chi connectivity index (χ2n) is 8.20. The summed E-state index contributed by atoms with van der Waals surface area (Å²) in [4.78, 5) is 4.88. The summed E-state index contributed by atoms with van der Waals surface area (Å²) in [6, 6.07) is 35.1. The third kappa shape index (κ3) is 3.08. The molecule has 4 nitrogen and oxygen atoms in total. The van der Waals surface area contributed by atoms with Crippen LogP contribution in [0.1, 0.15) is 0 Å². The lowest BCUT2D eigenvalue weighted by molar-refractivity contribution is 0.139. The Balaban J connectivity index is 1.42. The largest absolute Gasteiger partial charge is 0.389 e. The Morgan fingerprint density at radius 2 is 1.12 bits per heavy atom. The Morgan fingerprint density at radius 1 is 0.594 bits per heavy atom. The van der Waals surface area contributed by atoms with Crippen molar-refractivity contribution >= 4 is 32.8 Å². The first-order valence-corrected chi connectivity index (χ1v) is 10.9. The molecule has 2 heterocycles. The van der Waals surface area contributed by atoms with Crippen LogP contribution in [0.5, 0.6) is 0 Å². The van der Waals surface area contributed by atoms with Gasteiger partial charge in [-0.3, -0.25) is 0 Å². The fraction of sp³-hybridized carbons (Fsp3) is 0.107. The number of fused-ring (bicyclic) bond motifs is 4. The molecule has 0 saturated heterocycles. The third-order valence-electron chi connectivity index (χ3n) is 6.15. The average Bonchev–Trinajstić information content (AvgIpc) is 3.36. The Kier molecular flexibility index (Phi) is 4.51. The van der Waals surface area contributed by atoms with E-state index in [9.17, 15) is 5.11 Å². The number of hydrogen-bond donors (Lipinski definition) is 1. The van der Waals surface area contributed by atoms with Crippen LogP contribution in [-0.2, 0) is 13.1 Å². The minimum absolute atomic E-state index is 0.464. The molecule has 4 aromatic carbocycles. The SMILES string of the molecule is OC(Cn1c(-c2ccccc2)nc2ccccc21)Cn1c2ccccc2c2ccccc21. The van der Waals surface area contributed by atoms with E-state index in [0.29, 0.717) is 13.1 Å². The van der Waals surface area contributed by atoms with E-state index in [0.717, 1.165) is 33.5 Å². The fourth-order valence-electron chi connectivity index (χ4n) is 4.75. The molecular formula is C28H23N3O. The maximum atomic E-state index is 11.3. The summed E-state index contributed by atoms with van der Waals surface area (Å²) in [6.07, 6.45) is -0.575. The molecular weight excluding hydrogens is 394 g/mol. The van der Waals surface area contributed by atoms with Gasteiger partial charge in [0.1, 0.15) is 5.82 Å². The molecule has 1 unspecified atom stereocenters. The zero-order valence-corrected chi connectivity index (χ0v) is 17.6. The molecule has 1 atom stereocenters. The van der Waals surface area contributed by atoms with Crippen molar-refractivity contribution in [1.82, 2.24) is 14.1 Å².